The lowest BCUT2D eigenvalue weighted by atomic mass is 9.13. The molecule has 0 saturated heterocycles. The van der Waals surface area contributed by atoms with Crippen LogP contribution < -0.4 is 21.9 Å². The van der Waals surface area contributed by atoms with Crippen LogP contribution in [-0.2, 0) is 38.8 Å². The zero-order valence-corrected chi connectivity index (χ0v) is 32.2. The predicted molar refractivity (Wildman–Crippen MR) is 209 cm³/mol. The highest BCUT2D eigenvalue weighted by Gasteiger charge is 2.38. The Labute approximate surface area is 342 Å². The third-order valence-electron chi connectivity index (χ3n) is 9.94. The smallest absolute Gasteiger partial charge is 0.289 e. The molecule has 0 fully saturated rings. The molecule has 6 rings (SSSR count). The normalized spacial score (nSPS) is 13.3. The average Bonchev–Trinajstić information content (AvgIpc) is 3.21. The number of nitrogens with zero attached hydrogens (tertiary/aromatic N) is 1. The van der Waals surface area contributed by atoms with Crippen LogP contribution >= 0.6 is 0 Å². The molecular formula is C44H30BF12NO2S. The molecule has 17 heteroatoms. The van der Waals surface area contributed by atoms with Crippen LogP contribution in [0.3, 0.4) is 0 Å². The molecule has 1 atom stereocenters. The van der Waals surface area contributed by atoms with Crippen molar-refractivity contribution in [2.45, 2.75) is 29.6 Å². The fraction of sp³-hybridized carbons (Fsp3) is 0.136. The van der Waals surface area contributed by atoms with Gasteiger partial charge in [0.25, 0.3) is 0 Å². The zero-order chi connectivity index (χ0) is 45.0. The highest BCUT2D eigenvalue weighted by atomic mass is 32.2. The number of Topliss-reactive ketones (excluding diaryl/α,β-unsaturated/α-hetero) is 1. The van der Waals surface area contributed by atoms with Gasteiger partial charge in [-0.25, -0.2) is 0 Å². The molecule has 0 amide bonds. The van der Waals surface area contributed by atoms with Gasteiger partial charge in [0.1, 0.15) is 22.3 Å². The minimum atomic E-state index is -4.77. The fourth-order valence-corrected chi connectivity index (χ4v) is 8.40. The fourth-order valence-electron chi connectivity index (χ4n) is 6.86. The second-order valence-corrected chi connectivity index (χ2v) is 16.7. The van der Waals surface area contributed by atoms with E-state index in [-0.39, 0.29) is 33.4 Å². The topological polar surface area (TPSA) is 57.9 Å². The Morgan fingerprint density at radius 3 is 1.05 bits per heavy atom. The Balaban J connectivity index is 0.000000294. The summed E-state index contributed by atoms with van der Waals surface area (Å²) in [5.41, 5.74) is -3.22. The molecule has 0 aromatic heterocycles. The Bertz CT molecular complexity index is 2290. The van der Waals surface area contributed by atoms with Gasteiger partial charge in [-0.3, -0.25) is 4.79 Å². The first-order valence-electron chi connectivity index (χ1n) is 17.8. The Kier molecular flexibility index (Phi) is 13.1. The summed E-state index contributed by atoms with van der Waals surface area (Å²) >= 11 is 0. The van der Waals surface area contributed by atoms with Gasteiger partial charge in [-0.05, 0) is 24.3 Å². The average molecular weight is 876 g/mol. The summed E-state index contributed by atoms with van der Waals surface area (Å²) < 4.78 is 173. The second-order valence-electron chi connectivity index (χ2n) is 13.9. The Morgan fingerprint density at radius 1 is 0.492 bits per heavy atom. The number of rotatable bonds is 8. The maximum absolute atomic E-state index is 13.3. The van der Waals surface area contributed by atoms with Crippen molar-refractivity contribution in [2.24, 2.45) is 0 Å². The van der Waals surface area contributed by atoms with Gasteiger partial charge in [0, 0.05) is 5.56 Å². The lowest BCUT2D eigenvalue weighted by Gasteiger charge is -2.44. The van der Waals surface area contributed by atoms with Gasteiger partial charge in [0.15, 0.2) is 10.6 Å². The van der Waals surface area contributed by atoms with Gasteiger partial charge in [-0.1, -0.05) is 132 Å². The van der Waals surface area contributed by atoms with Crippen LogP contribution in [0.5, 0.6) is 0 Å². The molecular weight excluding hydrogens is 845 g/mol. The summed E-state index contributed by atoms with van der Waals surface area (Å²) in [6.45, 7) is 0. The molecule has 0 N–H and O–H groups in total. The number of carbonyl (C=O) groups is 1. The third kappa shape index (κ3) is 10.6. The zero-order valence-electron chi connectivity index (χ0n) is 31.4. The van der Waals surface area contributed by atoms with E-state index in [4.69, 9.17) is 5.26 Å². The summed E-state index contributed by atoms with van der Waals surface area (Å²) in [6, 6.07) is 30.9. The maximum Gasteiger partial charge on any atom is 0.416 e. The van der Waals surface area contributed by atoms with Crippen molar-refractivity contribution in [2.75, 3.05) is 12.0 Å². The number of hydrogen-bond acceptors (Lipinski definition) is 3. The molecule has 0 aliphatic rings. The second kappa shape index (κ2) is 17.4. The van der Waals surface area contributed by atoms with Crippen LogP contribution in [0.2, 0.25) is 0 Å². The molecule has 0 radical (unpaired) electrons. The number of halogens is 12. The van der Waals surface area contributed by atoms with Gasteiger partial charge in [-0.15, -0.1) is 0 Å². The van der Waals surface area contributed by atoms with Crippen molar-refractivity contribution in [1.29, 1.82) is 5.26 Å². The molecule has 0 saturated carbocycles. The first-order valence-corrected chi connectivity index (χ1v) is 19.9. The molecule has 1 unspecified atom stereocenters. The number of nitriles is 1. The van der Waals surface area contributed by atoms with Crippen LogP contribution in [0.4, 0.5) is 52.7 Å². The van der Waals surface area contributed by atoms with Crippen LogP contribution in [-0.4, -0.2) is 23.9 Å². The van der Waals surface area contributed by atoms with E-state index >= 15 is 0 Å². The third-order valence-corrected chi connectivity index (χ3v) is 12.0. The van der Waals surface area contributed by atoms with Gasteiger partial charge in [-0.2, -0.15) is 79.8 Å². The minimum Gasteiger partial charge on any atom is -0.289 e. The van der Waals surface area contributed by atoms with E-state index < -0.39 is 63.0 Å². The van der Waals surface area contributed by atoms with Gasteiger partial charge in [0.2, 0.25) is 5.78 Å². The van der Waals surface area contributed by atoms with Crippen LogP contribution in [0, 0.1) is 11.3 Å². The Hall–Kier alpha value is -6.15. The first kappa shape index (κ1) is 45.9. The molecule has 0 aliphatic heterocycles. The molecule has 0 heterocycles. The number of carbonyl (C=O) groups excluding carboxylic acids is 1. The number of alkyl halides is 12. The van der Waals surface area contributed by atoms with E-state index in [1.807, 2.05) is 12.1 Å². The lowest BCUT2D eigenvalue weighted by molar-refractivity contribution is -0.138. The van der Waals surface area contributed by atoms with Crippen LogP contribution in [0.25, 0.3) is 0 Å². The largest absolute Gasteiger partial charge is 0.416 e. The summed E-state index contributed by atoms with van der Waals surface area (Å²) in [6.07, 6.45) is -20.4. The van der Waals surface area contributed by atoms with Crippen molar-refractivity contribution in [3.63, 3.8) is 0 Å². The van der Waals surface area contributed by atoms with E-state index in [9.17, 15) is 61.7 Å². The van der Waals surface area contributed by atoms with E-state index in [0.29, 0.717) is 64.6 Å². The molecule has 0 spiro atoms. The lowest BCUT2D eigenvalue weighted by Crippen LogP contribution is -2.74. The van der Waals surface area contributed by atoms with Crippen LogP contribution in [0.1, 0.15) is 38.2 Å². The highest BCUT2D eigenvalue weighted by molar-refractivity contribution is 8.03. The van der Waals surface area contributed by atoms with Crippen molar-refractivity contribution in [3.8, 4) is 6.07 Å². The SMILES string of the molecule is C[S+](=O)(CC(=O)c1ccccc1)c1ccc(C#N)cc1.FC(F)(F)c1ccc([B-](c2ccc(C(F)(F)F)cc2)(c2ccc(C(F)(F)F)cc2)c2ccc(C(F)(F)F)cc2)cc1. The van der Waals surface area contributed by atoms with Gasteiger partial charge in [0.05, 0.1) is 33.9 Å². The Morgan fingerprint density at radius 2 is 0.787 bits per heavy atom. The number of benzene rings is 6. The number of hydrogen-bond donors (Lipinski definition) is 0. The van der Waals surface area contributed by atoms with E-state index in [0.717, 1.165) is 48.5 Å². The number of ketones is 1. The summed E-state index contributed by atoms with van der Waals surface area (Å²) in [5, 5.41) is 8.75. The summed E-state index contributed by atoms with van der Waals surface area (Å²) in [4.78, 5) is 12.7. The van der Waals surface area contributed by atoms with E-state index in [1.165, 1.54) is 0 Å². The van der Waals surface area contributed by atoms with Crippen molar-refractivity contribution in [1.82, 2.24) is 0 Å². The quantitative estimate of drug-likeness (QED) is 0.0663. The molecule has 0 bridgehead atoms. The standard InChI is InChI=1S/C28H16BF12.C16H14NO2S/c30-25(31,32)17-1-9-21(10-2-17)29(22-11-3-18(4-12-22)26(33,34)35,23-13-5-19(6-14-23)27(36,37)38)24-15-7-20(8-16-24)28(39,40)41;1-20(19,15-9-7-13(11-17)8-10-15)12-16(18)14-5-3-2-4-6-14/h1-16H;2-10H,12H2,1H3/q-1;+1. The molecule has 6 aromatic rings. The molecule has 316 valence electrons. The summed E-state index contributed by atoms with van der Waals surface area (Å²) in [7, 11) is -2.44. The monoisotopic (exact) mass is 875 g/mol. The van der Waals surface area contributed by atoms with Crippen molar-refractivity contribution < 1.29 is 61.7 Å². The highest BCUT2D eigenvalue weighted by Crippen LogP contribution is 2.32. The molecule has 3 nitrogen and oxygen atoms in total. The predicted octanol–water partition coefficient (Wildman–Crippen LogP) is 10.1. The first-order chi connectivity index (χ1) is 28.4. The molecule has 6 aromatic carbocycles. The van der Waals surface area contributed by atoms with Crippen molar-refractivity contribution >= 4 is 43.7 Å². The molecule has 61 heavy (non-hydrogen) atoms. The van der Waals surface area contributed by atoms with Crippen molar-refractivity contribution in [3.05, 3.63) is 185 Å². The van der Waals surface area contributed by atoms with Gasteiger partial charge < -0.3 is 0 Å². The van der Waals surface area contributed by atoms with Crippen LogP contribution in [0.15, 0.2) is 157 Å². The minimum absolute atomic E-state index is 0.0114. The maximum atomic E-state index is 13.3. The summed E-state index contributed by atoms with van der Waals surface area (Å²) in [5.74, 6) is -0.161. The van der Waals surface area contributed by atoms with Gasteiger partial charge >= 0.3 is 24.7 Å². The van der Waals surface area contributed by atoms with E-state index in [1.54, 1.807) is 54.8 Å². The van der Waals surface area contributed by atoms with E-state index in [2.05, 4.69) is 0 Å². The molecule has 0 aliphatic carbocycles.